The van der Waals surface area contributed by atoms with Crippen molar-refractivity contribution < 1.29 is 14.6 Å². The van der Waals surface area contributed by atoms with E-state index in [9.17, 15) is 4.79 Å². The van der Waals surface area contributed by atoms with Crippen molar-refractivity contribution >= 4 is 5.91 Å². The Morgan fingerprint density at radius 3 is 2.30 bits per heavy atom. The first-order chi connectivity index (χ1) is 9.25. The average molecular weight is 279 g/mol. The zero-order valence-corrected chi connectivity index (χ0v) is 13.0. The van der Waals surface area contributed by atoms with Gasteiger partial charge in [0.05, 0.1) is 0 Å². The van der Waals surface area contributed by atoms with Gasteiger partial charge in [-0.25, -0.2) is 0 Å². The highest BCUT2D eigenvalue weighted by atomic mass is 16.5. The number of carbonyl (C=O) groups is 1. The maximum Gasteiger partial charge on any atom is 0.257 e. The molecule has 1 amide bonds. The van der Waals surface area contributed by atoms with Crippen LogP contribution in [0.4, 0.5) is 0 Å². The first-order valence-electron chi connectivity index (χ1n) is 6.83. The number of carbonyl (C=O) groups excluding carboxylic acids is 1. The number of aliphatic hydroxyl groups excluding tert-OH is 1. The monoisotopic (exact) mass is 279 g/mol. The lowest BCUT2D eigenvalue weighted by Gasteiger charge is -2.22. The molecule has 1 aromatic carbocycles. The van der Waals surface area contributed by atoms with Crippen LogP contribution >= 0.6 is 0 Å². The van der Waals surface area contributed by atoms with Gasteiger partial charge in [-0.1, -0.05) is 31.5 Å². The topological polar surface area (TPSA) is 58.6 Å². The minimum atomic E-state index is -0.314. The molecule has 0 radical (unpaired) electrons. The number of nitrogens with one attached hydrogen (secondary N) is 1. The average Bonchev–Trinajstić information content (AvgIpc) is 2.35. The Bertz CT molecular complexity index is 458. The van der Waals surface area contributed by atoms with Gasteiger partial charge in [0.2, 0.25) is 0 Å². The molecule has 0 saturated heterocycles. The summed E-state index contributed by atoms with van der Waals surface area (Å²) >= 11 is 0. The number of hydrogen-bond acceptors (Lipinski definition) is 3. The van der Waals surface area contributed by atoms with Crippen LogP contribution in [0.2, 0.25) is 0 Å². The lowest BCUT2D eigenvalue weighted by Crippen LogP contribution is -2.38. The molecule has 20 heavy (non-hydrogen) atoms. The summed E-state index contributed by atoms with van der Waals surface area (Å²) in [6, 6.07) is 4.07. The number of rotatable bonds is 6. The summed E-state index contributed by atoms with van der Waals surface area (Å²) in [7, 11) is 0. The normalized spacial score (nSPS) is 11.3. The fraction of sp³-hybridized carbons (Fsp3) is 0.562. The molecule has 0 heterocycles. The maximum absolute atomic E-state index is 11.8. The first kappa shape index (κ1) is 16.5. The molecule has 1 aromatic rings. The zero-order valence-electron chi connectivity index (χ0n) is 13.0. The van der Waals surface area contributed by atoms with Gasteiger partial charge in [-0.15, -0.1) is 0 Å². The van der Waals surface area contributed by atoms with Crippen molar-refractivity contribution in [2.75, 3.05) is 19.8 Å². The van der Waals surface area contributed by atoms with Crippen LogP contribution in [0, 0.1) is 26.2 Å². The summed E-state index contributed by atoms with van der Waals surface area (Å²) in [4.78, 5) is 11.8. The Balaban J connectivity index is 2.54. The Labute approximate surface area is 121 Å². The van der Waals surface area contributed by atoms with Crippen LogP contribution in [0.3, 0.4) is 0 Å². The largest absolute Gasteiger partial charge is 0.483 e. The third-order valence-electron chi connectivity index (χ3n) is 3.14. The second-order valence-corrected chi connectivity index (χ2v) is 6.12. The summed E-state index contributed by atoms with van der Waals surface area (Å²) in [6.45, 7) is 10.2. The fourth-order valence-electron chi connectivity index (χ4n) is 1.98. The smallest absolute Gasteiger partial charge is 0.257 e. The van der Waals surface area contributed by atoms with Crippen LogP contribution in [-0.4, -0.2) is 30.8 Å². The molecule has 1 rings (SSSR count). The molecule has 0 saturated carbocycles. The van der Waals surface area contributed by atoms with Crippen molar-refractivity contribution in [3.8, 4) is 5.75 Å². The predicted octanol–water partition coefficient (Wildman–Crippen LogP) is 2.13. The summed E-state index contributed by atoms with van der Waals surface area (Å²) in [5.41, 5.74) is 2.93. The molecule has 4 heteroatoms. The second-order valence-electron chi connectivity index (χ2n) is 6.12. The Morgan fingerprint density at radius 2 is 1.80 bits per heavy atom. The van der Waals surface area contributed by atoms with E-state index in [0.29, 0.717) is 6.54 Å². The fourth-order valence-corrected chi connectivity index (χ4v) is 1.98. The Kier molecular flexibility index (Phi) is 5.57. The van der Waals surface area contributed by atoms with Gasteiger partial charge >= 0.3 is 0 Å². The number of amides is 1. The molecule has 0 spiro atoms. The summed E-state index contributed by atoms with van der Waals surface area (Å²) in [5.74, 6) is 0.595. The predicted molar refractivity (Wildman–Crippen MR) is 80.0 cm³/mol. The van der Waals surface area contributed by atoms with E-state index in [-0.39, 0.29) is 24.5 Å². The van der Waals surface area contributed by atoms with Crippen molar-refractivity contribution in [3.63, 3.8) is 0 Å². The van der Waals surface area contributed by atoms with Gasteiger partial charge in [0.15, 0.2) is 6.61 Å². The second kappa shape index (κ2) is 6.75. The number of ether oxygens (including phenoxy) is 1. The highest BCUT2D eigenvalue weighted by Crippen LogP contribution is 2.24. The number of benzene rings is 1. The van der Waals surface area contributed by atoms with E-state index in [1.54, 1.807) is 0 Å². The van der Waals surface area contributed by atoms with Crippen molar-refractivity contribution in [1.29, 1.82) is 0 Å². The van der Waals surface area contributed by atoms with Gasteiger partial charge in [0.1, 0.15) is 5.75 Å². The van der Waals surface area contributed by atoms with Gasteiger partial charge in [-0.2, -0.15) is 0 Å². The molecule has 0 unspecified atom stereocenters. The number of aryl methyl sites for hydroxylation is 3. The lowest BCUT2D eigenvalue weighted by molar-refractivity contribution is -0.123. The highest BCUT2D eigenvalue weighted by Gasteiger charge is 2.17. The van der Waals surface area contributed by atoms with Crippen LogP contribution in [0.25, 0.3) is 0 Å². The first-order valence-corrected chi connectivity index (χ1v) is 6.83. The van der Waals surface area contributed by atoms with Crippen LogP contribution < -0.4 is 10.1 Å². The van der Waals surface area contributed by atoms with Gasteiger partial charge in [0.25, 0.3) is 5.91 Å². The molecule has 0 aliphatic rings. The maximum atomic E-state index is 11.8. The Hall–Kier alpha value is -1.55. The SMILES string of the molecule is Cc1cc(C)c(OCC(=O)NCC(C)(C)CO)c(C)c1. The molecule has 2 N–H and O–H groups in total. The van der Waals surface area contributed by atoms with Gasteiger partial charge in [-0.3, -0.25) is 4.79 Å². The number of hydrogen-bond donors (Lipinski definition) is 2. The van der Waals surface area contributed by atoms with Crippen LogP contribution in [0.5, 0.6) is 5.75 Å². The molecule has 0 aromatic heterocycles. The van der Waals surface area contributed by atoms with Crippen molar-refractivity contribution in [2.45, 2.75) is 34.6 Å². The minimum Gasteiger partial charge on any atom is -0.483 e. The van der Waals surface area contributed by atoms with Gasteiger partial charge in [0, 0.05) is 18.6 Å². The van der Waals surface area contributed by atoms with Gasteiger partial charge in [-0.05, 0) is 31.9 Å². The molecule has 0 aliphatic heterocycles. The Morgan fingerprint density at radius 1 is 1.25 bits per heavy atom. The molecule has 0 aliphatic carbocycles. The molecule has 112 valence electrons. The summed E-state index contributed by atoms with van der Waals surface area (Å²) in [5, 5.41) is 11.9. The van der Waals surface area contributed by atoms with Crippen molar-refractivity contribution in [1.82, 2.24) is 5.32 Å². The van der Waals surface area contributed by atoms with E-state index in [2.05, 4.69) is 5.32 Å². The molecule has 0 atom stereocenters. The summed E-state index contributed by atoms with van der Waals surface area (Å²) in [6.07, 6.45) is 0. The van der Waals surface area contributed by atoms with Gasteiger partial charge < -0.3 is 15.2 Å². The minimum absolute atomic E-state index is 0.00769. The van der Waals surface area contributed by atoms with Crippen LogP contribution in [0.15, 0.2) is 12.1 Å². The third kappa shape index (κ3) is 4.85. The molecular formula is C16H25NO3. The molecule has 0 fully saturated rings. The highest BCUT2D eigenvalue weighted by molar-refractivity contribution is 5.77. The van der Waals surface area contributed by atoms with Crippen molar-refractivity contribution in [2.24, 2.45) is 5.41 Å². The number of aliphatic hydroxyl groups is 1. The van der Waals surface area contributed by atoms with Crippen LogP contribution in [0.1, 0.15) is 30.5 Å². The van der Waals surface area contributed by atoms with E-state index in [4.69, 9.17) is 9.84 Å². The summed E-state index contributed by atoms with van der Waals surface area (Å²) < 4.78 is 5.61. The lowest BCUT2D eigenvalue weighted by atomic mass is 9.95. The standard InChI is InChI=1S/C16H25NO3/c1-11-6-12(2)15(13(3)7-11)20-8-14(19)17-9-16(4,5)10-18/h6-7,18H,8-10H2,1-5H3,(H,17,19). The quantitative estimate of drug-likeness (QED) is 0.838. The van der Waals surface area contributed by atoms with E-state index >= 15 is 0 Å². The zero-order chi connectivity index (χ0) is 15.3. The third-order valence-corrected chi connectivity index (χ3v) is 3.14. The molecular weight excluding hydrogens is 254 g/mol. The molecule has 4 nitrogen and oxygen atoms in total. The van der Waals surface area contributed by atoms with Crippen molar-refractivity contribution in [3.05, 3.63) is 28.8 Å². The van der Waals surface area contributed by atoms with E-state index in [0.717, 1.165) is 16.9 Å². The van der Waals surface area contributed by atoms with E-state index < -0.39 is 0 Å². The van der Waals surface area contributed by atoms with E-state index in [1.165, 1.54) is 5.56 Å². The van der Waals surface area contributed by atoms with Crippen LogP contribution in [-0.2, 0) is 4.79 Å². The van der Waals surface area contributed by atoms with E-state index in [1.807, 2.05) is 46.8 Å². The molecule has 0 bridgehead atoms.